The first kappa shape index (κ1) is 20.4. The van der Waals surface area contributed by atoms with Crippen LogP contribution >= 0.6 is 0 Å². The minimum Gasteiger partial charge on any atom is -0.493 e. The van der Waals surface area contributed by atoms with Crippen LogP contribution < -0.4 is 15.4 Å². The summed E-state index contributed by atoms with van der Waals surface area (Å²) in [7, 11) is 0. The van der Waals surface area contributed by atoms with E-state index >= 15 is 0 Å². The quantitative estimate of drug-likeness (QED) is 0.522. The molecule has 0 radical (unpaired) electrons. The molecule has 1 unspecified atom stereocenters. The van der Waals surface area contributed by atoms with Crippen molar-refractivity contribution in [3.05, 3.63) is 53.7 Å². The number of nitrogens with zero attached hydrogens (tertiary/aromatic N) is 2. The van der Waals surface area contributed by atoms with Gasteiger partial charge in [-0.05, 0) is 36.5 Å². The third-order valence-corrected chi connectivity index (χ3v) is 6.50. The largest absolute Gasteiger partial charge is 0.493 e. The van der Waals surface area contributed by atoms with E-state index in [1.54, 1.807) is 18.2 Å². The van der Waals surface area contributed by atoms with Gasteiger partial charge in [0.1, 0.15) is 5.75 Å². The highest BCUT2D eigenvalue weighted by atomic mass is 16.5. The number of rotatable bonds is 3. The topological polar surface area (TPSA) is 105 Å². The molecular weight excluding hydrogens is 408 g/mol. The van der Waals surface area contributed by atoms with E-state index in [-0.39, 0.29) is 12.1 Å². The fourth-order valence-corrected chi connectivity index (χ4v) is 4.96. The molecule has 1 aliphatic heterocycles. The van der Waals surface area contributed by atoms with Crippen LogP contribution in [-0.2, 0) is 0 Å². The van der Waals surface area contributed by atoms with Gasteiger partial charge in [-0.3, -0.25) is 0 Å². The number of para-hydroxylation sites is 1. The molecular formula is C24H26N4O4. The monoisotopic (exact) mass is 434 g/mol. The van der Waals surface area contributed by atoms with Crippen LogP contribution in [0.2, 0.25) is 0 Å². The predicted molar refractivity (Wildman–Crippen MR) is 120 cm³/mol. The number of anilines is 1. The van der Waals surface area contributed by atoms with Gasteiger partial charge >= 0.3 is 12.1 Å². The molecule has 2 amide bonds. The van der Waals surface area contributed by atoms with Crippen molar-refractivity contribution >= 4 is 28.7 Å². The third-order valence-electron chi connectivity index (χ3n) is 6.50. The molecule has 32 heavy (non-hydrogen) atoms. The van der Waals surface area contributed by atoms with Gasteiger partial charge < -0.3 is 20.5 Å². The summed E-state index contributed by atoms with van der Waals surface area (Å²) >= 11 is 0. The summed E-state index contributed by atoms with van der Waals surface area (Å²) in [5.74, 6) is 1.45. The molecule has 1 aliphatic carbocycles. The van der Waals surface area contributed by atoms with Gasteiger partial charge in [-0.1, -0.05) is 43.5 Å². The Kier molecular flexibility index (Phi) is 5.43. The lowest BCUT2D eigenvalue weighted by molar-refractivity contribution is 0.194. The molecule has 1 atom stereocenters. The zero-order valence-corrected chi connectivity index (χ0v) is 17.7. The van der Waals surface area contributed by atoms with Crippen molar-refractivity contribution < 1.29 is 19.4 Å². The molecule has 1 aromatic heterocycles. The smallest absolute Gasteiger partial charge is 0.432 e. The van der Waals surface area contributed by atoms with Gasteiger partial charge in [0.15, 0.2) is 0 Å². The van der Waals surface area contributed by atoms with Gasteiger partial charge in [-0.15, -0.1) is 0 Å². The molecule has 0 bridgehead atoms. The molecule has 2 aromatic carbocycles. The van der Waals surface area contributed by atoms with Crippen molar-refractivity contribution in [3.8, 4) is 5.75 Å². The highest BCUT2D eigenvalue weighted by molar-refractivity contribution is 6.02. The normalized spacial score (nSPS) is 18.6. The van der Waals surface area contributed by atoms with E-state index in [0.29, 0.717) is 35.5 Å². The lowest BCUT2D eigenvalue weighted by atomic mass is 9.82. The molecule has 5 rings (SSSR count). The van der Waals surface area contributed by atoms with Crippen LogP contribution in [0, 0.1) is 0 Å². The van der Waals surface area contributed by atoms with Gasteiger partial charge in [0.05, 0.1) is 30.0 Å². The van der Waals surface area contributed by atoms with Crippen LogP contribution in [0.25, 0.3) is 10.9 Å². The average Bonchev–Trinajstić information content (AvgIpc) is 3.25. The Morgan fingerprint density at radius 3 is 2.62 bits per heavy atom. The Balaban J connectivity index is 1.35. The lowest BCUT2D eigenvalue weighted by Gasteiger charge is -2.31. The molecule has 1 fully saturated rings. The Labute approximate surface area is 185 Å². The summed E-state index contributed by atoms with van der Waals surface area (Å²) in [5, 5.41) is 19.6. The Morgan fingerprint density at radius 1 is 1.03 bits per heavy atom. The molecule has 0 saturated heterocycles. The molecule has 1 saturated carbocycles. The number of amides is 2. The number of hydrogen-bond donors (Lipinski definition) is 3. The lowest BCUT2D eigenvalue weighted by Crippen LogP contribution is -2.35. The first-order valence-corrected chi connectivity index (χ1v) is 11.1. The summed E-state index contributed by atoms with van der Waals surface area (Å²) in [6, 6.07) is 10.8. The van der Waals surface area contributed by atoms with Crippen molar-refractivity contribution in [1.82, 2.24) is 15.1 Å². The van der Waals surface area contributed by atoms with E-state index in [1.165, 1.54) is 43.9 Å². The minimum atomic E-state index is -1.17. The van der Waals surface area contributed by atoms with E-state index in [0.717, 1.165) is 16.0 Å². The Morgan fingerprint density at radius 2 is 1.81 bits per heavy atom. The molecule has 3 N–H and O–H groups in total. The van der Waals surface area contributed by atoms with Crippen molar-refractivity contribution in [2.24, 2.45) is 0 Å². The number of aromatic nitrogens is 2. The van der Waals surface area contributed by atoms with Crippen molar-refractivity contribution in [3.63, 3.8) is 0 Å². The van der Waals surface area contributed by atoms with Crippen LogP contribution in [0.4, 0.5) is 15.3 Å². The minimum absolute atomic E-state index is 0.150. The van der Waals surface area contributed by atoms with Crippen molar-refractivity contribution in [2.45, 2.75) is 50.5 Å². The van der Waals surface area contributed by atoms with Gasteiger partial charge in [0.25, 0.3) is 0 Å². The fraction of sp³-hybridized carbons (Fsp3) is 0.375. The van der Waals surface area contributed by atoms with Gasteiger partial charge in [0.2, 0.25) is 0 Å². The van der Waals surface area contributed by atoms with Crippen LogP contribution in [0.5, 0.6) is 5.75 Å². The Bertz CT molecular complexity index is 1170. The average molecular weight is 434 g/mol. The maximum Gasteiger partial charge on any atom is 0.432 e. The van der Waals surface area contributed by atoms with Crippen LogP contribution in [0.3, 0.4) is 0 Å². The first-order chi connectivity index (χ1) is 15.6. The van der Waals surface area contributed by atoms with E-state index < -0.39 is 6.09 Å². The van der Waals surface area contributed by atoms with Gasteiger partial charge in [-0.2, -0.15) is 9.78 Å². The molecule has 8 heteroatoms. The third kappa shape index (κ3) is 3.77. The molecule has 3 aromatic rings. The number of hydrogen-bond acceptors (Lipinski definition) is 4. The van der Waals surface area contributed by atoms with E-state index in [4.69, 9.17) is 4.74 Å². The zero-order valence-electron chi connectivity index (χ0n) is 17.7. The van der Waals surface area contributed by atoms with Crippen LogP contribution in [0.15, 0.2) is 42.6 Å². The van der Waals surface area contributed by atoms with E-state index in [1.807, 2.05) is 6.07 Å². The summed E-state index contributed by atoms with van der Waals surface area (Å²) < 4.78 is 6.97. The fourth-order valence-electron chi connectivity index (χ4n) is 4.96. The predicted octanol–water partition coefficient (Wildman–Crippen LogP) is 5.26. The zero-order chi connectivity index (χ0) is 22.1. The molecule has 166 valence electrons. The van der Waals surface area contributed by atoms with Crippen LogP contribution in [0.1, 0.15) is 61.6 Å². The number of benzene rings is 2. The second-order valence-corrected chi connectivity index (χ2v) is 8.47. The number of carbonyl (C=O) groups excluding carboxylic acids is 1. The summed E-state index contributed by atoms with van der Waals surface area (Å²) in [4.78, 5) is 24.2. The maximum atomic E-state index is 12.9. The van der Waals surface area contributed by atoms with Gasteiger partial charge in [-0.25, -0.2) is 9.59 Å². The number of fused-ring (bicyclic) bond motifs is 2. The highest BCUT2D eigenvalue weighted by Crippen LogP contribution is 2.43. The summed E-state index contributed by atoms with van der Waals surface area (Å²) in [6.07, 6.45) is 7.14. The highest BCUT2D eigenvalue weighted by Gasteiger charge is 2.28. The summed E-state index contributed by atoms with van der Waals surface area (Å²) in [6.45, 7) is 0.558. The number of carbonyl (C=O) groups is 2. The SMILES string of the molecule is O=C(Nc1cccc2c1cnn2C(=O)O)NC1CCOc2c(C3CCCCC3)cccc21. The number of ether oxygens (including phenoxy) is 1. The molecule has 2 heterocycles. The first-order valence-electron chi connectivity index (χ1n) is 11.1. The second-order valence-electron chi connectivity index (χ2n) is 8.47. The second kappa shape index (κ2) is 8.53. The standard InChI is InChI=1S/C24H26N4O4/c29-23(26-19-10-5-11-21-18(19)14-25-28(21)24(30)31)27-20-12-13-32-22-16(8-4-9-17(20)22)15-6-2-1-3-7-15/h4-5,8-11,14-15,20H,1-3,6-7,12-13H2,(H,30,31)(H2,26,27,29). The van der Waals surface area contributed by atoms with E-state index in [2.05, 4.69) is 27.9 Å². The van der Waals surface area contributed by atoms with E-state index in [9.17, 15) is 14.7 Å². The molecule has 2 aliphatic rings. The Hall–Kier alpha value is -3.55. The number of carboxylic acid groups (broad SMARTS) is 1. The van der Waals surface area contributed by atoms with Gasteiger partial charge in [0, 0.05) is 17.4 Å². The summed E-state index contributed by atoms with van der Waals surface area (Å²) in [5.41, 5.74) is 3.21. The number of nitrogens with one attached hydrogen (secondary N) is 2. The van der Waals surface area contributed by atoms with Crippen molar-refractivity contribution in [1.29, 1.82) is 0 Å². The molecule has 0 spiro atoms. The number of urea groups is 1. The molecule has 8 nitrogen and oxygen atoms in total. The van der Waals surface area contributed by atoms with Crippen LogP contribution in [-0.4, -0.2) is 33.6 Å². The van der Waals surface area contributed by atoms with Crippen molar-refractivity contribution in [2.75, 3.05) is 11.9 Å². The maximum absolute atomic E-state index is 12.9.